The number of carboxylic acid groups (broad SMARTS) is 2. The molecule has 0 fully saturated rings. The van der Waals surface area contributed by atoms with Gasteiger partial charge in [-0.2, -0.15) is 0 Å². The molecule has 27 heavy (non-hydrogen) atoms. The van der Waals surface area contributed by atoms with Crippen molar-refractivity contribution in [2.24, 2.45) is 0 Å². The van der Waals surface area contributed by atoms with Crippen molar-refractivity contribution in [1.82, 2.24) is 0 Å². The van der Waals surface area contributed by atoms with Gasteiger partial charge >= 0.3 is 17.9 Å². The number of hydrogen-bond acceptors (Lipinski definition) is 5. The number of ether oxygens (including phenoxy) is 1. The minimum absolute atomic E-state index is 0.214. The van der Waals surface area contributed by atoms with E-state index < -0.39 is 41.9 Å². The Morgan fingerprint density at radius 3 is 2.15 bits per heavy atom. The number of hydrogen-bond donors (Lipinski definition) is 3. The Balaban J connectivity index is 2.20. The Bertz CT molecular complexity index is 850. The average Bonchev–Trinajstić information content (AvgIpc) is 2.65. The molecule has 0 radical (unpaired) electrons. The second-order valence-corrected chi connectivity index (χ2v) is 5.81. The van der Waals surface area contributed by atoms with E-state index in [1.165, 1.54) is 19.1 Å². The summed E-state index contributed by atoms with van der Waals surface area (Å²) >= 11 is 0. The monoisotopic (exact) mass is 376 g/mol. The highest BCUT2D eigenvalue weighted by atomic mass is 19.1. The van der Waals surface area contributed by atoms with Crippen LogP contribution in [0.25, 0.3) is 11.1 Å². The normalized spacial score (nSPS) is 14.0. The predicted octanol–water partition coefficient (Wildman–Crippen LogP) is 2.04. The first-order chi connectivity index (χ1) is 12.7. The van der Waals surface area contributed by atoms with Crippen molar-refractivity contribution in [3.63, 3.8) is 0 Å². The van der Waals surface area contributed by atoms with Crippen LogP contribution in [0.5, 0.6) is 0 Å². The lowest BCUT2D eigenvalue weighted by Gasteiger charge is -2.19. The van der Waals surface area contributed by atoms with Crippen LogP contribution in [-0.4, -0.2) is 45.4 Å². The van der Waals surface area contributed by atoms with E-state index in [9.17, 15) is 23.9 Å². The molecule has 0 spiro atoms. The van der Waals surface area contributed by atoms with Crippen LogP contribution in [0.15, 0.2) is 48.5 Å². The maximum absolute atomic E-state index is 14.4. The maximum Gasteiger partial charge on any atom is 0.348 e. The Morgan fingerprint density at radius 1 is 1.00 bits per heavy atom. The molecule has 142 valence electrons. The number of benzene rings is 2. The average molecular weight is 376 g/mol. The summed E-state index contributed by atoms with van der Waals surface area (Å²) in [5.74, 6) is -6.42. The Kier molecular flexibility index (Phi) is 6.25. The number of carbonyl (C=O) groups excluding carboxylic acids is 1. The smallest absolute Gasteiger partial charge is 0.348 e. The zero-order valence-electron chi connectivity index (χ0n) is 14.2. The zero-order chi connectivity index (χ0) is 20.1. The van der Waals surface area contributed by atoms with E-state index in [1.54, 1.807) is 30.3 Å². The van der Waals surface area contributed by atoms with Crippen LogP contribution in [0.4, 0.5) is 4.39 Å². The molecule has 0 amide bonds. The van der Waals surface area contributed by atoms with Crippen molar-refractivity contribution < 1.29 is 38.8 Å². The highest BCUT2D eigenvalue weighted by Gasteiger charge is 2.37. The SMILES string of the molecule is C[C@H](C(=O)O[C@H](C(=O)O)[C@H](O)C(=O)O)c1ccc(-c2ccccc2)c(F)c1. The number of halogens is 1. The largest absolute Gasteiger partial charge is 0.479 e. The standard InChI is InChI=1S/C19H17FO7/c1-10(19(26)27-16(18(24)25)15(21)17(22)23)12-7-8-13(14(20)9-12)11-5-3-2-4-6-11/h2-10,15-16,21H,1H3,(H,22,23)(H,24,25)/t10-,15-,16-/m0/s1. The summed E-state index contributed by atoms with van der Waals surface area (Å²) in [6.45, 7) is 1.35. The first-order valence-electron chi connectivity index (χ1n) is 7.91. The molecule has 0 aromatic heterocycles. The summed E-state index contributed by atoms with van der Waals surface area (Å²) in [6.07, 6.45) is -4.69. The summed E-state index contributed by atoms with van der Waals surface area (Å²) in [4.78, 5) is 33.9. The minimum atomic E-state index is -2.42. The van der Waals surface area contributed by atoms with Gasteiger partial charge in [-0.3, -0.25) is 4.79 Å². The molecule has 0 saturated carbocycles. The van der Waals surface area contributed by atoms with Crippen molar-refractivity contribution in [3.05, 3.63) is 59.9 Å². The van der Waals surface area contributed by atoms with Crippen LogP contribution in [0.2, 0.25) is 0 Å². The van der Waals surface area contributed by atoms with E-state index in [0.29, 0.717) is 11.1 Å². The molecule has 0 aliphatic heterocycles. The lowest BCUT2D eigenvalue weighted by atomic mass is 9.97. The summed E-state index contributed by atoms with van der Waals surface area (Å²) < 4.78 is 19.0. The van der Waals surface area contributed by atoms with E-state index >= 15 is 0 Å². The summed E-state index contributed by atoms with van der Waals surface area (Å²) in [5.41, 5.74) is 1.18. The number of aliphatic hydroxyl groups excluding tert-OH is 1. The molecule has 2 rings (SSSR count). The van der Waals surface area contributed by atoms with Crippen LogP contribution in [0.1, 0.15) is 18.4 Å². The van der Waals surface area contributed by atoms with Gasteiger partial charge in [0.2, 0.25) is 6.10 Å². The third-order valence-electron chi connectivity index (χ3n) is 3.96. The molecule has 0 aliphatic carbocycles. The molecule has 0 heterocycles. The fourth-order valence-electron chi connectivity index (χ4n) is 2.40. The van der Waals surface area contributed by atoms with Crippen molar-refractivity contribution in [1.29, 1.82) is 0 Å². The molecule has 0 bridgehead atoms. The molecule has 7 nitrogen and oxygen atoms in total. The van der Waals surface area contributed by atoms with E-state index in [4.69, 9.17) is 10.2 Å². The van der Waals surface area contributed by atoms with Gasteiger partial charge in [0.25, 0.3) is 0 Å². The Morgan fingerprint density at radius 2 is 1.63 bits per heavy atom. The number of esters is 1. The first kappa shape index (κ1) is 20.1. The number of carboxylic acids is 2. The summed E-state index contributed by atoms with van der Waals surface area (Å²) in [7, 11) is 0. The molecule has 2 aromatic rings. The number of rotatable bonds is 7. The molecular formula is C19H17FO7. The van der Waals surface area contributed by atoms with Crippen molar-refractivity contribution in [2.75, 3.05) is 0 Å². The lowest BCUT2D eigenvalue weighted by molar-refractivity contribution is -0.179. The second-order valence-electron chi connectivity index (χ2n) is 5.81. The van der Waals surface area contributed by atoms with Crippen LogP contribution >= 0.6 is 0 Å². The molecule has 3 N–H and O–H groups in total. The van der Waals surface area contributed by atoms with Crippen molar-refractivity contribution in [3.8, 4) is 11.1 Å². The van der Waals surface area contributed by atoms with E-state index in [1.807, 2.05) is 0 Å². The highest BCUT2D eigenvalue weighted by molar-refractivity contribution is 5.87. The van der Waals surface area contributed by atoms with Gasteiger partial charge in [0.05, 0.1) is 5.92 Å². The topological polar surface area (TPSA) is 121 Å². The fraction of sp³-hybridized carbons (Fsp3) is 0.211. The quantitative estimate of drug-likeness (QED) is 0.632. The van der Waals surface area contributed by atoms with Gasteiger partial charge in [0.1, 0.15) is 5.82 Å². The summed E-state index contributed by atoms with van der Waals surface area (Å²) in [5, 5.41) is 27.0. The molecule has 0 unspecified atom stereocenters. The zero-order valence-corrected chi connectivity index (χ0v) is 14.2. The van der Waals surface area contributed by atoms with Gasteiger partial charge in [0.15, 0.2) is 6.10 Å². The van der Waals surface area contributed by atoms with Gasteiger partial charge in [-0.25, -0.2) is 14.0 Å². The molecule has 8 heteroatoms. The van der Waals surface area contributed by atoms with Gasteiger partial charge in [0, 0.05) is 5.56 Å². The summed E-state index contributed by atoms with van der Waals surface area (Å²) in [6, 6.07) is 12.8. The molecule has 2 aromatic carbocycles. The van der Waals surface area contributed by atoms with E-state index in [0.717, 1.165) is 6.07 Å². The molecule has 0 saturated heterocycles. The molecule has 3 atom stereocenters. The third-order valence-corrected chi connectivity index (χ3v) is 3.96. The van der Waals surface area contributed by atoms with Crippen LogP contribution < -0.4 is 0 Å². The van der Waals surface area contributed by atoms with Gasteiger partial charge in [-0.05, 0) is 24.1 Å². The van der Waals surface area contributed by atoms with Crippen LogP contribution in [0, 0.1) is 5.82 Å². The lowest BCUT2D eigenvalue weighted by Crippen LogP contribution is -2.43. The van der Waals surface area contributed by atoms with Crippen LogP contribution in [0.3, 0.4) is 0 Å². The maximum atomic E-state index is 14.4. The minimum Gasteiger partial charge on any atom is -0.479 e. The van der Waals surface area contributed by atoms with Gasteiger partial charge < -0.3 is 20.1 Å². The fourth-order valence-corrected chi connectivity index (χ4v) is 2.40. The Hall–Kier alpha value is -3.26. The van der Waals surface area contributed by atoms with Crippen molar-refractivity contribution in [2.45, 2.75) is 25.0 Å². The number of carbonyl (C=O) groups is 3. The number of aliphatic carboxylic acids is 2. The first-order valence-corrected chi connectivity index (χ1v) is 7.91. The van der Waals surface area contributed by atoms with Gasteiger partial charge in [-0.15, -0.1) is 0 Å². The Labute approximate surface area is 153 Å². The highest BCUT2D eigenvalue weighted by Crippen LogP contribution is 2.27. The molecular weight excluding hydrogens is 359 g/mol. The third kappa shape index (κ3) is 4.68. The number of aliphatic hydroxyl groups is 1. The predicted molar refractivity (Wildman–Crippen MR) is 91.4 cm³/mol. The van der Waals surface area contributed by atoms with Crippen LogP contribution in [-0.2, 0) is 19.1 Å². The van der Waals surface area contributed by atoms with E-state index in [-0.39, 0.29) is 5.56 Å². The van der Waals surface area contributed by atoms with Crippen molar-refractivity contribution >= 4 is 17.9 Å². The second kappa shape index (κ2) is 8.41. The molecule has 0 aliphatic rings. The van der Waals surface area contributed by atoms with E-state index in [2.05, 4.69) is 4.74 Å². The van der Waals surface area contributed by atoms with Gasteiger partial charge in [-0.1, -0.05) is 42.5 Å².